The minimum Gasteiger partial charge on any atom is -0.338 e. The van der Waals surface area contributed by atoms with Crippen LogP contribution in [0.3, 0.4) is 0 Å². The summed E-state index contributed by atoms with van der Waals surface area (Å²) in [6.07, 6.45) is 4.38. The van der Waals surface area contributed by atoms with Crippen LogP contribution in [-0.2, 0) is 6.42 Å². The van der Waals surface area contributed by atoms with E-state index in [4.69, 9.17) is 0 Å². The van der Waals surface area contributed by atoms with Crippen LogP contribution in [0, 0.1) is 17.2 Å². The number of amides is 1. The fourth-order valence-electron chi connectivity index (χ4n) is 3.44. The number of rotatable bonds is 4. The molecule has 1 unspecified atom stereocenters. The monoisotopic (exact) mass is 318 g/mol. The Morgan fingerprint density at radius 2 is 1.88 bits per heavy atom. The van der Waals surface area contributed by atoms with Crippen LogP contribution in [0.2, 0.25) is 0 Å². The second-order valence-corrected chi connectivity index (χ2v) is 6.44. The number of nitriles is 1. The molecule has 1 saturated heterocycles. The van der Waals surface area contributed by atoms with Crippen LogP contribution >= 0.6 is 0 Å². The highest BCUT2D eigenvalue weighted by Crippen LogP contribution is 2.23. The first-order valence-corrected chi connectivity index (χ1v) is 8.60. The maximum atomic E-state index is 12.8. The maximum Gasteiger partial charge on any atom is 0.255 e. The molecule has 0 aliphatic carbocycles. The topological polar surface area (TPSA) is 44.1 Å². The lowest BCUT2D eigenvalue weighted by Crippen LogP contribution is -2.40. The molecule has 1 fully saturated rings. The number of benzene rings is 2. The predicted molar refractivity (Wildman–Crippen MR) is 94.5 cm³/mol. The molecule has 24 heavy (non-hydrogen) atoms. The minimum atomic E-state index is -0.00318. The zero-order valence-corrected chi connectivity index (χ0v) is 13.8. The predicted octanol–water partition coefficient (Wildman–Crippen LogP) is 4.04. The van der Waals surface area contributed by atoms with Crippen molar-refractivity contribution >= 4 is 5.91 Å². The first-order valence-electron chi connectivity index (χ1n) is 8.60. The summed E-state index contributed by atoms with van der Waals surface area (Å²) in [5.74, 6) is 0.536. The zero-order valence-electron chi connectivity index (χ0n) is 13.8. The quantitative estimate of drug-likeness (QED) is 0.854. The molecule has 3 nitrogen and oxygen atoms in total. The number of piperidine rings is 1. The third-order valence-corrected chi connectivity index (χ3v) is 4.77. The van der Waals surface area contributed by atoms with Crippen molar-refractivity contribution in [2.24, 2.45) is 5.92 Å². The highest BCUT2D eigenvalue weighted by Gasteiger charge is 2.25. The van der Waals surface area contributed by atoms with Gasteiger partial charge < -0.3 is 4.90 Å². The van der Waals surface area contributed by atoms with Crippen LogP contribution in [0.15, 0.2) is 54.6 Å². The summed E-state index contributed by atoms with van der Waals surface area (Å²) in [4.78, 5) is 14.7. The van der Waals surface area contributed by atoms with Crippen LogP contribution in [0.25, 0.3) is 0 Å². The van der Waals surface area contributed by atoms with Gasteiger partial charge in [-0.25, -0.2) is 0 Å². The van der Waals surface area contributed by atoms with Crippen LogP contribution in [0.1, 0.15) is 40.7 Å². The second kappa shape index (κ2) is 7.79. The van der Waals surface area contributed by atoms with Crippen molar-refractivity contribution in [2.45, 2.75) is 25.7 Å². The van der Waals surface area contributed by atoms with Gasteiger partial charge >= 0.3 is 0 Å². The van der Waals surface area contributed by atoms with Crippen molar-refractivity contribution in [3.63, 3.8) is 0 Å². The summed E-state index contributed by atoms with van der Waals surface area (Å²) in [6, 6.07) is 19.7. The van der Waals surface area contributed by atoms with Crippen LogP contribution in [0.4, 0.5) is 0 Å². The van der Waals surface area contributed by atoms with Gasteiger partial charge in [0, 0.05) is 13.1 Å². The van der Waals surface area contributed by atoms with Crippen molar-refractivity contribution < 1.29 is 4.79 Å². The minimum absolute atomic E-state index is 0.00318. The van der Waals surface area contributed by atoms with Gasteiger partial charge in [-0.2, -0.15) is 5.26 Å². The Hall–Kier alpha value is -2.60. The summed E-state index contributed by atoms with van der Waals surface area (Å²) >= 11 is 0. The Kier molecular flexibility index (Phi) is 5.28. The molecular formula is C21H22N2O. The third kappa shape index (κ3) is 3.83. The van der Waals surface area contributed by atoms with Crippen molar-refractivity contribution in [2.75, 3.05) is 13.1 Å². The number of nitrogens with zero attached hydrogens (tertiary/aromatic N) is 2. The first kappa shape index (κ1) is 16.3. The lowest BCUT2D eigenvalue weighted by Gasteiger charge is -2.33. The molecule has 1 aliphatic heterocycles. The van der Waals surface area contributed by atoms with Crippen LogP contribution < -0.4 is 0 Å². The van der Waals surface area contributed by atoms with E-state index in [1.54, 1.807) is 18.2 Å². The lowest BCUT2D eigenvalue weighted by atomic mass is 9.91. The molecule has 0 aromatic heterocycles. The van der Waals surface area contributed by atoms with E-state index in [2.05, 4.69) is 30.3 Å². The Balaban J connectivity index is 1.63. The van der Waals surface area contributed by atoms with E-state index in [0.29, 0.717) is 17.0 Å². The van der Waals surface area contributed by atoms with Gasteiger partial charge in [-0.15, -0.1) is 0 Å². The Morgan fingerprint density at radius 1 is 1.12 bits per heavy atom. The van der Waals surface area contributed by atoms with E-state index in [1.807, 2.05) is 17.0 Å². The van der Waals surface area contributed by atoms with Gasteiger partial charge in [-0.3, -0.25) is 4.79 Å². The first-order chi connectivity index (χ1) is 11.8. The van der Waals surface area contributed by atoms with Crippen molar-refractivity contribution in [3.8, 4) is 6.07 Å². The summed E-state index contributed by atoms with van der Waals surface area (Å²) in [5, 5.41) is 9.21. The van der Waals surface area contributed by atoms with E-state index in [1.165, 1.54) is 12.0 Å². The van der Waals surface area contributed by atoms with E-state index >= 15 is 0 Å². The number of carbonyl (C=O) groups excluding carboxylic acids is 1. The van der Waals surface area contributed by atoms with Gasteiger partial charge in [0.1, 0.15) is 0 Å². The largest absolute Gasteiger partial charge is 0.338 e. The molecule has 122 valence electrons. The van der Waals surface area contributed by atoms with Gasteiger partial charge in [0.05, 0.1) is 17.2 Å². The van der Waals surface area contributed by atoms with Gasteiger partial charge in [0.25, 0.3) is 5.91 Å². The molecule has 1 aliphatic rings. The highest BCUT2D eigenvalue weighted by molar-refractivity contribution is 5.96. The summed E-state index contributed by atoms with van der Waals surface area (Å²) in [7, 11) is 0. The van der Waals surface area contributed by atoms with Crippen molar-refractivity contribution in [1.29, 1.82) is 5.26 Å². The summed E-state index contributed by atoms with van der Waals surface area (Å²) in [6.45, 7) is 1.59. The molecule has 3 heteroatoms. The van der Waals surface area contributed by atoms with Gasteiger partial charge in [-0.1, -0.05) is 42.5 Å². The average molecular weight is 318 g/mol. The number of hydrogen-bond acceptors (Lipinski definition) is 2. The molecule has 0 radical (unpaired) electrons. The molecule has 0 spiro atoms. The fourth-order valence-corrected chi connectivity index (χ4v) is 3.44. The van der Waals surface area contributed by atoms with Gasteiger partial charge in [-0.05, 0) is 49.3 Å². The SMILES string of the molecule is N#Cc1ccccc1C(=O)N1CCCC(CCc2ccccc2)C1. The molecule has 2 aromatic carbocycles. The summed E-state index contributed by atoms with van der Waals surface area (Å²) in [5.41, 5.74) is 2.35. The molecule has 2 aromatic rings. The molecule has 1 heterocycles. The highest BCUT2D eigenvalue weighted by atomic mass is 16.2. The van der Waals surface area contributed by atoms with Crippen molar-refractivity contribution in [3.05, 3.63) is 71.3 Å². The third-order valence-electron chi connectivity index (χ3n) is 4.77. The maximum absolute atomic E-state index is 12.8. The van der Waals surface area contributed by atoms with Gasteiger partial charge in [0.2, 0.25) is 0 Å². The molecule has 1 atom stereocenters. The lowest BCUT2D eigenvalue weighted by molar-refractivity contribution is 0.0668. The van der Waals surface area contributed by atoms with E-state index in [9.17, 15) is 10.1 Å². The van der Waals surface area contributed by atoms with E-state index < -0.39 is 0 Å². The van der Waals surface area contributed by atoms with Crippen LogP contribution in [0.5, 0.6) is 0 Å². The van der Waals surface area contributed by atoms with Crippen molar-refractivity contribution in [1.82, 2.24) is 4.90 Å². The molecule has 3 rings (SSSR count). The molecule has 0 N–H and O–H groups in total. The second-order valence-electron chi connectivity index (χ2n) is 6.44. The Morgan fingerprint density at radius 3 is 2.67 bits per heavy atom. The Bertz CT molecular complexity index is 733. The average Bonchev–Trinajstić information content (AvgIpc) is 2.67. The smallest absolute Gasteiger partial charge is 0.255 e. The van der Waals surface area contributed by atoms with Gasteiger partial charge in [0.15, 0.2) is 0 Å². The summed E-state index contributed by atoms with van der Waals surface area (Å²) < 4.78 is 0. The standard InChI is InChI=1S/C21H22N2O/c22-15-19-10-4-5-11-20(19)21(24)23-14-6-9-18(16-23)13-12-17-7-2-1-3-8-17/h1-5,7-8,10-11,18H,6,9,12-14,16H2. The molecule has 1 amide bonds. The Labute approximate surface area is 143 Å². The van der Waals surface area contributed by atoms with Crippen LogP contribution in [-0.4, -0.2) is 23.9 Å². The number of carbonyl (C=O) groups is 1. The van der Waals surface area contributed by atoms with E-state index in [-0.39, 0.29) is 5.91 Å². The zero-order chi connectivity index (χ0) is 16.8. The fraction of sp³-hybridized carbons (Fsp3) is 0.333. The molecule has 0 saturated carbocycles. The molecular weight excluding hydrogens is 296 g/mol. The number of likely N-dealkylation sites (tertiary alicyclic amines) is 1. The number of aryl methyl sites for hydroxylation is 1. The normalized spacial score (nSPS) is 17.3. The number of hydrogen-bond donors (Lipinski definition) is 0. The molecule has 0 bridgehead atoms. The van der Waals surface area contributed by atoms with E-state index in [0.717, 1.165) is 32.4 Å².